The van der Waals surface area contributed by atoms with E-state index in [1.165, 1.54) is 12.8 Å². The Kier molecular flexibility index (Phi) is 11.7. The Bertz CT molecular complexity index is 211. The van der Waals surface area contributed by atoms with Crippen molar-refractivity contribution in [2.24, 2.45) is 17.8 Å². The van der Waals surface area contributed by atoms with Crippen LogP contribution in [0.1, 0.15) is 67.7 Å². The van der Waals surface area contributed by atoms with Gasteiger partial charge in [0.15, 0.2) is 0 Å². The maximum atomic E-state index is 6.23. The summed E-state index contributed by atoms with van der Waals surface area (Å²) in [7, 11) is -2.52. The molecule has 0 aromatic carbocycles. The van der Waals surface area contributed by atoms with E-state index in [0.717, 1.165) is 32.3 Å². The van der Waals surface area contributed by atoms with Gasteiger partial charge in [0.25, 0.3) is 0 Å². The smallest absolute Gasteiger partial charge is 0.373 e. The Morgan fingerprint density at radius 2 is 1.05 bits per heavy atom. The second-order valence-electron chi connectivity index (χ2n) is 7.25. The predicted octanol–water partition coefficient (Wildman–Crippen LogP) is 5.13. The maximum absolute atomic E-state index is 6.23. The lowest BCUT2D eigenvalue weighted by atomic mass is 10.2. The third-order valence-corrected chi connectivity index (χ3v) is 5.78. The van der Waals surface area contributed by atoms with E-state index in [2.05, 4.69) is 48.5 Å². The second-order valence-corrected chi connectivity index (χ2v) is 9.99. The van der Waals surface area contributed by atoms with Crippen LogP contribution in [0, 0.1) is 17.8 Å². The number of unbranched alkanes of at least 4 members (excludes halogenated alkanes) is 2. The molecule has 0 unspecified atom stereocenters. The largest absolute Gasteiger partial charge is 0.500 e. The molecule has 0 aliphatic carbocycles. The molecule has 0 aliphatic rings. The maximum Gasteiger partial charge on any atom is 0.500 e. The third kappa shape index (κ3) is 11.3. The predicted molar refractivity (Wildman–Crippen MR) is 92.5 cm³/mol. The fourth-order valence-corrected chi connectivity index (χ4v) is 4.94. The van der Waals surface area contributed by atoms with Gasteiger partial charge in [-0.15, -0.1) is 0 Å². The Balaban J connectivity index is 4.77. The summed E-state index contributed by atoms with van der Waals surface area (Å²) in [6, 6.07) is 0.951. The van der Waals surface area contributed by atoms with Crippen molar-refractivity contribution in [3.63, 3.8) is 0 Å². The lowest BCUT2D eigenvalue weighted by molar-refractivity contribution is 0.0362. The summed E-state index contributed by atoms with van der Waals surface area (Å²) in [4.78, 5) is 0. The van der Waals surface area contributed by atoms with Gasteiger partial charge in [0, 0.05) is 25.9 Å². The van der Waals surface area contributed by atoms with Crippen LogP contribution in [-0.2, 0) is 13.3 Å². The number of hydrogen-bond donors (Lipinski definition) is 0. The van der Waals surface area contributed by atoms with Crippen LogP contribution < -0.4 is 0 Å². The highest BCUT2D eigenvalue weighted by molar-refractivity contribution is 6.60. The molecule has 0 saturated carbocycles. The molecule has 4 heteroatoms. The summed E-state index contributed by atoms with van der Waals surface area (Å²) in [6.45, 7) is 17.5. The Labute approximate surface area is 134 Å². The van der Waals surface area contributed by atoms with Crippen molar-refractivity contribution < 1.29 is 13.3 Å². The molecule has 0 radical (unpaired) electrons. The van der Waals surface area contributed by atoms with Crippen molar-refractivity contribution in [3.05, 3.63) is 0 Å². The standard InChI is InChI=1S/C17H38O3Si/c1-8-9-10-11-21(18-12-15(2)3,19-13-16(4)5)20-14-17(6)7/h15-17H,8-14H2,1-7H3. The van der Waals surface area contributed by atoms with Crippen LogP contribution in [-0.4, -0.2) is 28.6 Å². The first-order valence-electron chi connectivity index (χ1n) is 8.73. The van der Waals surface area contributed by atoms with Crippen LogP contribution in [0.25, 0.3) is 0 Å². The molecule has 0 heterocycles. The SMILES string of the molecule is CCCCC[Si](OCC(C)C)(OCC(C)C)OCC(C)C. The molecule has 0 aromatic heterocycles. The van der Waals surface area contributed by atoms with Gasteiger partial charge >= 0.3 is 8.80 Å². The number of rotatable bonds is 13. The molecular weight excluding hydrogens is 280 g/mol. The summed E-state index contributed by atoms with van der Waals surface area (Å²) >= 11 is 0. The van der Waals surface area contributed by atoms with E-state index in [4.69, 9.17) is 13.3 Å². The van der Waals surface area contributed by atoms with E-state index < -0.39 is 8.80 Å². The van der Waals surface area contributed by atoms with Crippen molar-refractivity contribution in [3.8, 4) is 0 Å². The zero-order valence-electron chi connectivity index (χ0n) is 15.4. The van der Waals surface area contributed by atoms with Gasteiger partial charge in [-0.1, -0.05) is 61.3 Å². The molecule has 0 rings (SSSR count). The topological polar surface area (TPSA) is 27.7 Å². The van der Waals surface area contributed by atoms with Gasteiger partial charge in [-0.25, -0.2) is 0 Å². The van der Waals surface area contributed by atoms with Gasteiger partial charge in [-0.2, -0.15) is 0 Å². The van der Waals surface area contributed by atoms with E-state index in [1.807, 2.05) is 0 Å². The van der Waals surface area contributed by atoms with Gasteiger partial charge in [-0.05, 0) is 24.2 Å². The van der Waals surface area contributed by atoms with E-state index in [9.17, 15) is 0 Å². The van der Waals surface area contributed by atoms with Gasteiger partial charge in [0.1, 0.15) is 0 Å². The van der Waals surface area contributed by atoms with Crippen LogP contribution in [0.4, 0.5) is 0 Å². The molecule has 0 aliphatic heterocycles. The van der Waals surface area contributed by atoms with E-state index in [-0.39, 0.29) is 0 Å². The number of hydrogen-bond acceptors (Lipinski definition) is 3. The summed E-state index contributed by atoms with van der Waals surface area (Å²) in [5.41, 5.74) is 0. The zero-order chi connectivity index (χ0) is 16.3. The molecule has 21 heavy (non-hydrogen) atoms. The molecule has 0 spiro atoms. The molecule has 0 atom stereocenters. The van der Waals surface area contributed by atoms with Crippen molar-refractivity contribution >= 4 is 8.80 Å². The minimum absolute atomic E-state index is 0.508. The molecule has 0 aromatic rings. The second kappa shape index (κ2) is 11.6. The molecule has 0 saturated heterocycles. The van der Waals surface area contributed by atoms with Crippen LogP contribution in [0.5, 0.6) is 0 Å². The average molecular weight is 319 g/mol. The van der Waals surface area contributed by atoms with Crippen LogP contribution >= 0.6 is 0 Å². The minimum Gasteiger partial charge on any atom is -0.373 e. The fourth-order valence-electron chi connectivity index (χ4n) is 1.81. The minimum atomic E-state index is -2.52. The highest BCUT2D eigenvalue weighted by Crippen LogP contribution is 2.22. The van der Waals surface area contributed by atoms with Gasteiger partial charge < -0.3 is 13.3 Å². The van der Waals surface area contributed by atoms with Gasteiger partial charge in [0.05, 0.1) is 0 Å². The summed E-state index contributed by atoms with van der Waals surface area (Å²) in [6.07, 6.45) is 3.57. The molecular formula is C17H38O3Si. The lowest BCUT2D eigenvalue weighted by Crippen LogP contribution is -2.48. The first-order chi connectivity index (χ1) is 9.81. The highest BCUT2D eigenvalue weighted by Gasteiger charge is 2.41. The molecule has 0 bridgehead atoms. The molecule has 0 N–H and O–H groups in total. The normalized spacial score (nSPS) is 12.9. The zero-order valence-corrected chi connectivity index (χ0v) is 16.4. The van der Waals surface area contributed by atoms with Crippen molar-refractivity contribution in [1.82, 2.24) is 0 Å². The van der Waals surface area contributed by atoms with Crippen LogP contribution in [0.2, 0.25) is 6.04 Å². The average Bonchev–Trinajstić information content (AvgIpc) is 2.40. The van der Waals surface area contributed by atoms with Crippen molar-refractivity contribution in [2.45, 2.75) is 73.8 Å². The van der Waals surface area contributed by atoms with E-state index >= 15 is 0 Å². The third-order valence-electron chi connectivity index (χ3n) is 3.00. The van der Waals surface area contributed by atoms with Crippen LogP contribution in [0.3, 0.4) is 0 Å². The first kappa shape index (κ1) is 21.1. The Morgan fingerprint density at radius 1 is 0.667 bits per heavy atom. The monoisotopic (exact) mass is 318 g/mol. The molecule has 3 nitrogen and oxygen atoms in total. The van der Waals surface area contributed by atoms with Gasteiger partial charge in [0.2, 0.25) is 0 Å². The summed E-state index contributed by atoms with van der Waals surface area (Å²) < 4.78 is 18.7. The van der Waals surface area contributed by atoms with Crippen molar-refractivity contribution in [2.75, 3.05) is 19.8 Å². The Hall–Kier alpha value is 0.0969. The summed E-state index contributed by atoms with van der Waals surface area (Å²) in [5, 5.41) is 0. The van der Waals surface area contributed by atoms with Crippen molar-refractivity contribution in [1.29, 1.82) is 0 Å². The summed E-state index contributed by atoms with van der Waals surface area (Å²) in [5.74, 6) is 1.52. The molecule has 0 amide bonds. The van der Waals surface area contributed by atoms with Gasteiger partial charge in [-0.3, -0.25) is 0 Å². The highest BCUT2D eigenvalue weighted by atomic mass is 28.4. The fraction of sp³-hybridized carbons (Fsp3) is 1.00. The van der Waals surface area contributed by atoms with E-state index in [0.29, 0.717) is 17.8 Å². The lowest BCUT2D eigenvalue weighted by Gasteiger charge is -2.32. The molecule has 128 valence electrons. The first-order valence-corrected chi connectivity index (χ1v) is 10.7. The van der Waals surface area contributed by atoms with E-state index in [1.54, 1.807) is 0 Å². The molecule has 0 fully saturated rings. The Morgan fingerprint density at radius 3 is 1.33 bits per heavy atom. The quantitative estimate of drug-likeness (QED) is 0.348. The van der Waals surface area contributed by atoms with Crippen LogP contribution in [0.15, 0.2) is 0 Å².